The molecule has 0 spiro atoms. The summed E-state index contributed by atoms with van der Waals surface area (Å²) in [6, 6.07) is 0.799. The molecule has 1 aliphatic heterocycles. The molecule has 17 heavy (non-hydrogen) atoms. The van der Waals surface area contributed by atoms with Crippen LogP contribution in [0.15, 0.2) is 0 Å². The number of hydrogen-bond acceptors (Lipinski definition) is 3. The van der Waals surface area contributed by atoms with Crippen molar-refractivity contribution in [3.8, 4) is 0 Å². The molecule has 2 aliphatic rings. The normalized spacial score (nSPS) is 30.5. The Balaban J connectivity index is 1.82. The SMILES string of the molecule is COC(C)(C)CC1OCCCC1CNC1CC1. The number of ether oxygens (including phenoxy) is 2. The van der Waals surface area contributed by atoms with Gasteiger partial charge in [0.15, 0.2) is 0 Å². The van der Waals surface area contributed by atoms with Gasteiger partial charge in [0.2, 0.25) is 0 Å². The molecule has 0 aromatic heterocycles. The smallest absolute Gasteiger partial charge is 0.0647 e. The van der Waals surface area contributed by atoms with E-state index in [0.29, 0.717) is 12.0 Å². The van der Waals surface area contributed by atoms with E-state index in [1.54, 1.807) is 7.11 Å². The Kier molecular flexibility index (Phi) is 4.45. The van der Waals surface area contributed by atoms with E-state index >= 15 is 0 Å². The number of nitrogens with one attached hydrogen (secondary N) is 1. The van der Waals surface area contributed by atoms with Crippen molar-refractivity contribution in [2.45, 2.75) is 63.7 Å². The fraction of sp³-hybridized carbons (Fsp3) is 1.00. The third-order valence-corrected chi connectivity index (χ3v) is 4.07. The van der Waals surface area contributed by atoms with E-state index in [0.717, 1.165) is 25.6 Å². The van der Waals surface area contributed by atoms with Crippen molar-refractivity contribution in [2.24, 2.45) is 5.92 Å². The van der Waals surface area contributed by atoms with Gasteiger partial charge in [-0.25, -0.2) is 0 Å². The minimum Gasteiger partial charge on any atom is -0.379 e. The first-order valence-corrected chi connectivity index (χ1v) is 7.01. The van der Waals surface area contributed by atoms with E-state index in [4.69, 9.17) is 9.47 Å². The van der Waals surface area contributed by atoms with Crippen molar-refractivity contribution in [1.82, 2.24) is 5.32 Å². The Morgan fingerprint density at radius 2 is 2.06 bits per heavy atom. The topological polar surface area (TPSA) is 30.5 Å². The van der Waals surface area contributed by atoms with Crippen LogP contribution in [0.4, 0.5) is 0 Å². The highest BCUT2D eigenvalue weighted by Gasteiger charge is 2.32. The lowest BCUT2D eigenvalue weighted by Gasteiger charge is -2.36. The molecular formula is C14H27NO2. The Bertz CT molecular complexity index is 238. The second kappa shape index (κ2) is 5.68. The van der Waals surface area contributed by atoms with Crippen molar-refractivity contribution in [2.75, 3.05) is 20.3 Å². The summed E-state index contributed by atoms with van der Waals surface area (Å²) in [6.45, 7) is 6.34. The summed E-state index contributed by atoms with van der Waals surface area (Å²) < 4.78 is 11.5. The first-order chi connectivity index (χ1) is 8.11. The molecule has 2 atom stereocenters. The predicted octanol–water partition coefficient (Wildman–Crippen LogP) is 2.35. The van der Waals surface area contributed by atoms with Crippen LogP contribution in [0.5, 0.6) is 0 Å². The summed E-state index contributed by atoms with van der Waals surface area (Å²) in [6.07, 6.45) is 6.60. The van der Waals surface area contributed by atoms with E-state index < -0.39 is 0 Å². The zero-order valence-corrected chi connectivity index (χ0v) is 11.5. The van der Waals surface area contributed by atoms with Gasteiger partial charge in [-0.15, -0.1) is 0 Å². The average molecular weight is 241 g/mol. The van der Waals surface area contributed by atoms with Crippen molar-refractivity contribution < 1.29 is 9.47 Å². The predicted molar refractivity (Wildman–Crippen MR) is 69.2 cm³/mol. The highest BCUT2D eigenvalue weighted by Crippen LogP contribution is 2.29. The number of methoxy groups -OCH3 is 1. The van der Waals surface area contributed by atoms with Crippen LogP contribution < -0.4 is 5.32 Å². The lowest BCUT2D eigenvalue weighted by molar-refractivity contribution is -0.0833. The molecule has 100 valence electrons. The van der Waals surface area contributed by atoms with Gasteiger partial charge in [0, 0.05) is 32.7 Å². The second-order valence-corrected chi connectivity index (χ2v) is 6.16. The maximum Gasteiger partial charge on any atom is 0.0647 e. The van der Waals surface area contributed by atoms with Crippen molar-refractivity contribution in [3.63, 3.8) is 0 Å². The number of hydrogen-bond donors (Lipinski definition) is 1. The van der Waals surface area contributed by atoms with Crippen molar-refractivity contribution in [3.05, 3.63) is 0 Å². The van der Waals surface area contributed by atoms with Crippen LogP contribution in [-0.2, 0) is 9.47 Å². The van der Waals surface area contributed by atoms with Crippen LogP contribution >= 0.6 is 0 Å². The van der Waals surface area contributed by atoms with Gasteiger partial charge in [0.25, 0.3) is 0 Å². The molecule has 0 bridgehead atoms. The molecule has 2 rings (SSSR count). The van der Waals surface area contributed by atoms with Gasteiger partial charge in [-0.3, -0.25) is 0 Å². The standard InChI is InChI=1S/C14H27NO2/c1-14(2,16-3)9-13-11(5-4-8-17-13)10-15-12-6-7-12/h11-13,15H,4-10H2,1-3H3. The highest BCUT2D eigenvalue weighted by atomic mass is 16.5. The maximum atomic E-state index is 5.96. The van der Waals surface area contributed by atoms with Gasteiger partial charge in [-0.1, -0.05) is 0 Å². The fourth-order valence-corrected chi connectivity index (χ4v) is 2.53. The molecule has 0 aromatic carbocycles. The molecule has 1 saturated heterocycles. The summed E-state index contributed by atoms with van der Waals surface area (Å²) in [5.74, 6) is 0.666. The molecule has 1 saturated carbocycles. The quantitative estimate of drug-likeness (QED) is 0.774. The van der Waals surface area contributed by atoms with Crippen LogP contribution in [0.1, 0.15) is 46.0 Å². The van der Waals surface area contributed by atoms with Gasteiger partial charge in [-0.2, -0.15) is 0 Å². The molecule has 0 aromatic rings. The molecule has 2 unspecified atom stereocenters. The van der Waals surface area contributed by atoms with E-state index in [-0.39, 0.29) is 5.60 Å². The fourth-order valence-electron chi connectivity index (χ4n) is 2.53. The van der Waals surface area contributed by atoms with E-state index in [2.05, 4.69) is 19.2 Å². The summed E-state index contributed by atoms with van der Waals surface area (Å²) in [5, 5.41) is 3.64. The molecular weight excluding hydrogens is 214 g/mol. The van der Waals surface area contributed by atoms with E-state index in [1.165, 1.54) is 25.7 Å². The lowest BCUT2D eigenvalue weighted by atomic mass is 9.87. The van der Waals surface area contributed by atoms with Crippen molar-refractivity contribution >= 4 is 0 Å². The van der Waals surface area contributed by atoms with Gasteiger partial charge in [0.1, 0.15) is 0 Å². The summed E-state index contributed by atoms with van der Waals surface area (Å²) in [7, 11) is 1.79. The first kappa shape index (κ1) is 13.3. The van der Waals surface area contributed by atoms with Crippen LogP contribution in [0.2, 0.25) is 0 Å². The Labute approximate surface area is 105 Å². The molecule has 1 N–H and O–H groups in total. The summed E-state index contributed by atoms with van der Waals surface area (Å²) in [5.41, 5.74) is -0.0696. The average Bonchev–Trinajstić information content (AvgIpc) is 3.11. The minimum atomic E-state index is -0.0696. The monoisotopic (exact) mass is 241 g/mol. The van der Waals surface area contributed by atoms with Gasteiger partial charge in [-0.05, 0) is 45.4 Å². The number of rotatable bonds is 6. The molecule has 2 fully saturated rings. The van der Waals surface area contributed by atoms with Crippen molar-refractivity contribution in [1.29, 1.82) is 0 Å². The maximum absolute atomic E-state index is 5.96. The molecule has 0 radical (unpaired) electrons. The van der Waals surface area contributed by atoms with E-state index in [1.807, 2.05) is 0 Å². The van der Waals surface area contributed by atoms with Crippen LogP contribution in [0, 0.1) is 5.92 Å². The molecule has 0 amide bonds. The molecule has 3 nitrogen and oxygen atoms in total. The zero-order valence-electron chi connectivity index (χ0n) is 11.5. The van der Waals surface area contributed by atoms with Gasteiger partial charge < -0.3 is 14.8 Å². The van der Waals surface area contributed by atoms with Gasteiger partial charge >= 0.3 is 0 Å². The Morgan fingerprint density at radius 3 is 2.71 bits per heavy atom. The first-order valence-electron chi connectivity index (χ1n) is 7.01. The lowest BCUT2D eigenvalue weighted by Crippen LogP contribution is -2.42. The molecule has 1 heterocycles. The molecule has 3 heteroatoms. The Morgan fingerprint density at radius 1 is 1.29 bits per heavy atom. The van der Waals surface area contributed by atoms with Crippen LogP contribution in [0.3, 0.4) is 0 Å². The van der Waals surface area contributed by atoms with Crippen LogP contribution in [0.25, 0.3) is 0 Å². The third-order valence-electron chi connectivity index (χ3n) is 4.07. The second-order valence-electron chi connectivity index (χ2n) is 6.16. The summed E-state index contributed by atoms with van der Waals surface area (Å²) in [4.78, 5) is 0. The third kappa shape index (κ3) is 4.23. The van der Waals surface area contributed by atoms with E-state index in [9.17, 15) is 0 Å². The largest absolute Gasteiger partial charge is 0.379 e. The molecule has 1 aliphatic carbocycles. The minimum absolute atomic E-state index is 0.0696. The van der Waals surface area contributed by atoms with Crippen LogP contribution in [-0.4, -0.2) is 38.0 Å². The summed E-state index contributed by atoms with van der Waals surface area (Å²) >= 11 is 0. The van der Waals surface area contributed by atoms with Gasteiger partial charge in [0.05, 0.1) is 11.7 Å². The zero-order chi connectivity index (χ0) is 12.3. The highest BCUT2D eigenvalue weighted by molar-refractivity contribution is 4.87. The Hall–Kier alpha value is -0.120.